The normalized spacial score (nSPS) is 10.9. The number of halogens is 2. The Labute approximate surface area is 158 Å². The van der Waals surface area contributed by atoms with Gasteiger partial charge < -0.3 is 14.3 Å². The van der Waals surface area contributed by atoms with Gasteiger partial charge in [0.2, 0.25) is 0 Å². The maximum absolute atomic E-state index is 13.1. The summed E-state index contributed by atoms with van der Waals surface area (Å²) in [6.45, 7) is 1.89. The third-order valence-corrected chi connectivity index (χ3v) is 4.61. The summed E-state index contributed by atoms with van der Waals surface area (Å²) in [5.41, 5.74) is 1.46. The molecule has 3 rings (SSSR count). The monoisotopic (exact) mass is 390 g/mol. The summed E-state index contributed by atoms with van der Waals surface area (Å²) in [4.78, 5) is 22.9. The zero-order chi connectivity index (χ0) is 19.6. The second kappa shape index (κ2) is 7.80. The van der Waals surface area contributed by atoms with Crippen LogP contribution < -0.4 is 10.4 Å². The quantitative estimate of drug-likeness (QED) is 0.627. The summed E-state index contributed by atoms with van der Waals surface area (Å²) in [5, 5.41) is 9.79. The first-order valence-electron chi connectivity index (χ1n) is 8.20. The minimum Gasteiger partial charge on any atom is -0.489 e. The van der Waals surface area contributed by atoms with Gasteiger partial charge in [-0.1, -0.05) is 17.7 Å². The van der Waals surface area contributed by atoms with E-state index in [1.807, 2.05) is 0 Å². The highest BCUT2D eigenvalue weighted by Crippen LogP contribution is 2.26. The van der Waals surface area contributed by atoms with E-state index in [1.165, 1.54) is 18.2 Å². The summed E-state index contributed by atoms with van der Waals surface area (Å²) >= 11 is 5.98. The zero-order valence-electron chi connectivity index (χ0n) is 14.4. The smallest absolute Gasteiger partial charge is 0.339 e. The van der Waals surface area contributed by atoms with Crippen molar-refractivity contribution in [2.24, 2.45) is 0 Å². The lowest BCUT2D eigenvalue weighted by atomic mass is 10.0. The van der Waals surface area contributed by atoms with Gasteiger partial charge in [-0.3, -0.25) is 4.79 Å². The Bertz CT molecular complexity index is 1070. The van der Waals surface area contributed by atoms with Crippen LogP contribution in [0, 0.1) is 12.7 Å². The standard InChI is InChI=1S/C20H16ClFO5/c1-11-15-5-4-14(26-10-12-2-3-13(22)8-17(12)21)9-18(15)27-20(25)16(11)6-7-19(23)24/h2-5,8-9H,6-7,10H2,1H3,(H,23,24). The van der Waals surface area contributed by atoms with Gasteiger partial charge in [0.25, 0.3) is 0 Å². The average Bonchev–Trinajstić information content (AvgIpc) is 2.60. The molecule has 140 valence electrons. The van der Waals surface area contributed by atoms with Crippen LogP contribution in [0.15, 0.2) is 45.6 Å². The number of rotatable bonds is 6. The van der Waals surface area contributed by atoms with E-state index < -0.39 is 17.4 Å². The first-order valence-corrected chi connectivity index (χ1v) is 8.58. The van der Waals surface area contributed by atoms with Crippen molar-refractivity contribution in [2.45, 2.75) is 26.4 Å². The van der Waals surface area contributed by atoms with E-state index in [2.05, 4.69) is 0 Å². The Morgan fingerprint density at radius 2 is 2.04 bits per heavy atom. The lowest BCUT2D eigenvalue weighted by molar-refractivity contribution is -0.136. The van der Waals surface area contributed by atoms with Gasteiger partial charge in [-0.15, -0.1) is 0 Å². The number of carboxylic acid groups (broad SMARTS) is 1. The number of hydrogen-bond acceptors (Lipinski definition) is 4. The fourth-order valence-corrected chi connectivity index (χ4v) is 3.01. The second-order valence-corrected chi connectivity index (χ2v) is 6.48. The van der Waals surface area contributed by atoms with Crippen LogP contribution in [0.3, 0.4) is 0 Å². The molecule has 0 unspecified atom stereocenters. The first-order chi connectivity index (χ1) is 12.8. The Morgan fingerprint density at radius 1 is 1.26 bits per heavy atom. The molecule has 2 aromatic carbocycles. The lowest BCUT2D eigenvalue weighted by Gasteiger charge is -2.10. The van der Waals surface area contributed by atoms with Crippen molar-refractivity contribution in [1.82, 2.24) is 0 Å². The lowest BCUT2D eigenvalue weighted by Crippen LogP contribution is -2.12. The second-order valence-electron chi connectivity index (χ2n) is 6.07. The van der Waals surface area contributed by atoms with Gasteiger partial charge in [0.15, 0.2) is 0 Å². The molecular formula is C20H16ClFO5. The van der Waals surface area contributed by atoms with E-state index in [-0.39, 0.29) is 24.5 Å². The van der Waals surface area contributed by atoms with Crippen molar-refractivity contribution < 1.29 is 23.4 Å². The topological polar surface area (TPSA) is 76.7 Å². The molecular weight excluding hydrogens is 375 g/mol. The van der Waals surface area contributed by atoms with Crippen LogP contribution in [-0.4, -0.2) is 11.1 Å². The van der Waals surface area contributed by atoms with Crippen LogP contribution in [0.1, 0.15) is 23.1 Å². The molecule has 3 aromatic rings. The highest BCUT2D eigenvalue weighted by Gasteiger charge is 2.13. The minimum absolute atomic E-state index is 0.112. The Morgan fingerprint density at radius 3 is 2.74 bits per heavy atom. The van der Waals surface area contributed by atoms with Crippen LogP contribution in [-0.2, 0) is 17.8 Å². The third kappa shape index (κ3) is 4.28. The number of benzene rings is 2. The average molecular weight is 391 g/mol. The molecule has 0 saturated carbocycles. The third-order valence-electron chi connectivity index (χ3n) is 4.26. The maximum atomic E-state index is 13.1. The van der Waals surface area contributed by atoms with E-state index in [0.717, 1.165) is 0 Å². The number of hydrogen-bond donors (Lipinski definition) is 1. The van der Waals surface area contributed by atoms with E-state index in [0.29, 0.717) is 33.4 Å². The molecule has 1 heterocycles. The van der Waals surface area contributed by atoms with Gasteiger partial charge in [-0.05, 0) is 43.2 Å². The first kappa shape index (κ1) is 18.9. The largest absolute Gasteiger partial charge is 0.489 e. The van der Waals surface area contributed by atoms with E-state index in [4.69, 9.17) is 25.9 Å². The number of aliphatic carboxylic acids is 1. The predicted octanol–water partition coefficient (Wildman–Crippen LogP) is 4.49. The molecule has 1 aromatic heterocycles. The van der Waals surface area contributed by atoms with Crippen LogP contribution in [0.4, 0.5) is 4.39 Å². The van der Waals surface area contributed by atoms with Crippen molar-refractivity contribution >= 4 is 28.5 Å². The molecule has 0 bridgehead atoms. The van der Waals surface area contributed by atoms with Crippen LogP contribution in [0.2, 0.25) is 5.02 Å². The van der Waals surface area contributed by atoms with Crippen LogP contribution >= 0.6 is 11.6 Å². The van der Waals surface area contributed by atoms with E-state index in [9.17, 15) is 14.0 Å². The number of carbonyl (C=O) groups is 1. The summed E-state index contributed by atoms with van der Waals surface area (Å²) < 4.78 is 24.1. The van der Waals surface area contributed by atoms with E-state index in [1.54, 1.807) is 25.1 Å². The molecule has 0 aliphatic rings. The SMILES string of the molecule is Cc1c(CCC(=O)O)c(=O)oc2cc(OCc3ccc(F)cc3Cl)ccc12. The van der Waals surface area contributed by atoms with Crippen LogP contribution in [0.5, 0.6) is 5.75 Å². The van der Waals surface area contributed by atoms with E-state index >= 15 is 0 Å². The molecule has 0 spiro atoms. The highest BCUT2D eigenvalue weighted by atomic mass is 35.5. The van der Waals surface area contributed by atoms with Crippen LogP contribution in [0.25, 0.3) is 11.0 Å². The molecule has 0 atom stereocenters. The fourth-order valence-electron chi connectivity index (χ4n) is 2.79. The minimum atomic E-state index is -0.975. The summed E-state index contributed by atoms with van der Waals surface area (Å²) in [5.74, 6) is -0.939. The summed E-state index contributed by atoms with van der Waals surface area (Å²) in [6, 6.07) is 9.10. The molecule has 5 nitrogen and oxygen atoms in total. The van der Waals surface area contributed by atoms with Crippen molar-refractivity contribution in [2.75, 3.05) is 0 Å². The van der Waals surface area contributed by atoms with Crippen molar-refractivity contribution in [1.29, 1.82) is 0 Å². The van der Waals surface area contributed by atoms with Gasteiger partial charge in [-0.25, -0.2) is 9.18 Å². The summed E-state index contributed by atoms with van der Waals surface area (Å²) in [7, 11) is 0. The van der Waals surface area contributed by atoms with Gasteiger partial charge in [-0.2, -0.15) is 0 Å². The van der Waals surface area contributed by atoms with Crippen molar-refractivity contribution in [3.63, 3.8) is 0 Å². The molecule has 1 N–H and O–H groups in total. The Kier molecular flexibility index (Phi) is 5.46. The van der Waals surface area contributed by atoms with Gasteiger partial charge >= 0.3 is 11.6 Å². The van der Waals surface area contributed by atoms with Crippen molar-refractivity contribution in [3.05, 3.63) is 74.3 Å². The molecule has 0 aliphatic heterocycles. The number of aryl methyl sites for hydroxylation is 1. The highest BCUT2D eigenvalue weighted by molar-refractivity contribution is 6.31. The molecule has 0 fully saturated rings. The molecule has 0 aliphatic carbocycles. The number of carboxylic acids is 1. The van der Waals surface area contributed by atoms with Gasteiger partial charge in [0.05, 0.1) is 5.02 Å². The molecule has 7 heteroatoms. The van der Waals surface area contributed by atoms with Gasteiger partial charge in [0, 0.05) is 29.0 Å². The number of fused-ring (bicyclic) bond motifs is 1. The molecule has 0 radical (unpaired) electrons. The molecule has 0 saturated heterocycles. The Balaban J connectivity index is 1.86. The van der Waals surface area contributed by atoms with Crippen molar-refractivity contribution in [3.8, 4) is 5.75 Å². The molecule has 0 amide bonds. The summed E-state index contributed by atoms with van der Waals surface area (Å²) in [6.07, 6.45) is -0.0303. The Hall–Kier alpha value is -2.86. The zero-order valence-corrected chi connectivity index (χ0v) is 15.2. The fraction of sp³-hybridized carbons (Fsp3) is 0.200. The maximum Gasteiger partial charge on any atom is 0.339 e. The van der Waals surface area contributed by atoms with Gasteiger partial charge in [0.1, 0.15) is 23.8 Å². The number of ether oxygens (including phenoxy) is 1. The predicted molar refractivity (Wildman–Crippen MR) is 98.9 cm³/mol. The molecule has 27 heavy (non-hydrogen) atoms.